The molecule has 1 atom stereocenters. The Morgan fingerprint density at radius 1 is 0.659 bits per heavy atom. The maximum absolute atomic E-state index is 13.7. The number of benzene rings is 4. The highest BCUT2D eigenvalue weighted by Crippen LogP contribution is 2.45. The third kappa shape index (κ3) is 5.22. The average molecular weight is 591 g/mol. The van der Waals surface area contributed by atoms with Crippen molar-refractivity contribution in [3.63, 3.8) is 0 Å². The molecule has 0 fully saturated rings. The first kappa shape index (κ1) is 29.1. The molecule has 0 aliphatic heterocycles. The number of carbonyl (C=O) groups is 3. The molecule has 1 amide bonds. The molecule has 0 aromatic heterocycles. The summed E-state index contributed by atoms with van der Waals surface area (Å²) >= 11 is 0. The number of carboxylic acid groups (broad SMARTS) is 1. The summed E-state index contributed by atoms with van der Waals surface area (Å²) in [6.07, 6.45) is -0.440. The van der Waals surface area contributed by atoms with Gasteiger partial charge in [0.05, 0.1) is 0 Å². The molecule has 8 nitrogen and oxygen atoms in total. The van der Waals surface area contributed by atoms with Gasteiger partial charge in [0.15, 0.2) is 0 Å². The number of amides is 1. The molecule has 0 radical (unpaired) electrons. The number of carboxylic acids is 1. The van der Waals surface area contributed by atoms with Crippen LogP contribution in [0.1, 0.15) is 53.4 Å². The molecule has 2 aliphatic carbocycles. The van der Waals surface area contributed by atoms with Gasteiger partial charge in [0.1, 0.15) is 13.2 Å². The maximum Gasteiger partial charge on any atom is 0.408 e. The number of hydrogen-bond donors (Lipinski definition) is 3. The predicted octanol–water partition coefficient (Wildman–Crippen LogP) is 5.83. The van der Waals surface area contributed by atoms with Crippen molar-refractivity contribution < 1.29 is 29.0 Å². The molecule has 44 heavy (non-hydrogen) atoms. The molecule has 0 heterocycles. The summed E-state index contributed by atoms with van der Waals surface area (Å²) in [4.78, 5) is 39.7. The highest BCUT2D eigenvalue weighted by atomic mass is 16.6. The van der Waals surface area contributed by atoms with Gasteiger partial charge in [-0.3, -0.25) is 5.32 Å². The minimum absolute atomic E-state index is 0.0248. The van der Waals surface area contributed by atoms with Crippen molar-refractivity contribution in [1.29, 1.82) is 0 Å². The fourth-order valence-corrected chi connectivity index (χ4v) is 6.53. The van der Waals surface area contributed by atoms with Crippen molar-refractivity contribution in [3.8, 4) is 22.3 Å². The monoisotopic (exact) mass is 590 g/mol. The minimum atomic E-state index is -2.34. The topological polar surface area (TPSA) is 128 Å². The van der Waals surface area contributed by atoms with Crippen LogP contribution in [-0.4, -0.2) is 48.4 Å². The van der Waals surface area contributed by atoms with E-state index >= 15 is 0 Å². The lowest BCUT2D eigenvalue weighted by Crippen LogP contribution is -2.61. The average Bonchev–Trinajstić information content (AvgIpc) is 3.54. The van der Waals surface area contributed by atoms with Crippen LogP contribution in [0.3, 0.4) is 0 Å². The van der Waals surface area contributed by atoms with Gasteiger partial charge in [-0.2, -0.15) is 0 Å². The van der Waals surface area contributed by atoms with E-state index in [9.17, 15) is 19.5 Å². The van der Waals surface area contributed by atoms with E-state index in [1.54, 1.807) is 0 Å². The van der Waals surface area contributed by atoms with Crippen LogP contribution in [0.4, 0.5) is 4.79 Å². The minimum Gasteiger partial charge on any atom is -0.479 e. The molecule has 224 valence electrons. The van der Waals surface area contributed by atoms with Crippen LogP contribution in [0.25, 0.3) is 22.3 Å². The highest BCUT2D eigenvalue weighted by molar-refractivity contribution is 6.06. The fraction of sp³-hybridized carbons (Fsp3) is 0.250. The summed E-state index contributed by atoms with van der Waals surface area (Å²) in [5.41, 5.74) is 11.6. The van der Waals surface area contributed by atoms with E-state index in [-0.39, 0.29) is 37.9 Å². The van der Waals surface area contributed by atoms with Crippen LogP contribution in [0.5, 0.6) is 0 Å². The Labute approximate surface area is 255 Å². The van der Waals surface area contributed by atoms with E-state index in [1.165, 1.54) is 0 Å². The third-order valence-corrected chi connectivity index (χ3v) is 8.72. The molecule has 0 spiro atoms. The lowest BCUT2D eigenvalue weighted by atomic mass is 9.92. The Kier molecular flexibility index (Phi) is 8.17. The standard InChI is InChI=1S/C36H34N2O6/c37-20-10-9-19-36(33(39)40,34(41)43-21-31-27-15-5-1-11-23(27)24-12-2-6-16-28(24)31)38-35(42)44-22-32-29-17-7-3-13-25(29)26-14-4-8-18-30(26)32/h1-8,11-18,31-32H,9-10,19-22,37H2,(H,38,42)(H,39,40)/t36-/m0/s1. The van der Waals surface area contributed by atoms with E-state index in [0.29, 0.717) is 13.0 Å². The number of esters is 1. The van der Waals surface area contributed by atoms with Crippen LogP contribution in [0.2, 0.25) is 0 Å². The highest BCUT2D eigenvalue weighted by Gasteiger charge is 2.50. The number of unbranched alkanes of at least 4 members (excludes halogenated alkanes) is 1. The van der Waals surface area contributed by atoms with Crippen LogP contribution in [0.15, 0.2) is 97.1 Å². The number of hydrogen-bond acceptors (Lipinski definition) is 6. The number of nitrogens with two attached hydrogens (primary N) is 1. The number of fused-ring (bicyclic) bond motifs is 6. The molecule has 2 aliphatic rings. The number of nitrogens with one attached hydrogen (secondary N) is 1. The number of ether oxygens (including phenoxy) is 2. The normalized spacial score (nSPS) is 14.5. The summed E-state index contributed by atoms with van der Waals surface area (Å²) in [5.74, 6) is -3.05. The Morgan fingerprint density at radius 3 is 1.48 bits per heavy atom. The zero-order valence-electron chi connectivity index (χ0n) is 24.2. The smallest absolute Gasteiger partial charge is 0.408 e. The van der Waals surface area contributed by atoms with Gasteiger partial charge in [0.2, 0.25) is 5.54 Å². The fourth-order valence-electron chi connectivity index (χ4n) is 6.53. The van der Waals surface area contributed by atoms with Gasteiger partial charge in [-0.1, -0.05) is 97.1 Å². The zero-order valence-corrected chi connectivity index (χ0v) is 24.2. The Hall–Kier alpha value is -4.95. The summed E-state index contributed by atoms with van der Waals surface area (Å²) in [5, 5.41) is 12.8. The number of aliphatic carboxylic acids is 1. The van der Waals surface area contributed by atoms with Crippen molar-refractivity contribution in [2.75, 3.05) is 19.8 Å². The molecule has 4 N–H and O–H groups in total. The summed E-state index contributed by atoms with van der Waals surface area (Å²) < 4.78 is 11.4. The Bertz CT molecular complexity index is 1630. The summed E-state index contributed by atoms with van der Waals surface area (Å²) in [6.45, 7) is 0.208. The van der Waals surface area contributed by atoms with Gasteiger partial charge in [-0.25, -0.2) is 14.4 Å². The van der Waals surface area contributed by atoms with Crippen LogP contribution < -0.4 is 11.1 Å². The van der Waals surface area contributed by atoms with Gasteiger partial charge in [-0.15, -0.1) is 0 Å². The van der Waals surface area contributed by atoms with E-state index in [0.717, 1.165) is 44.5 Å². The molecule has 0 saturated carbocycles. The van der Waals surface area contributed by atoms with Crippen molar-refractivity contribution in [2.45, 2.75) is 36.6 Å². The van der Waals surface area contributed by atoms with E-state index in [1.807, 2.05) is 97.1 Å². The number of rotatable bonds is 11. The molecular weight excluding hydrogens is 556 g/mol. The summed E-state index contributed by atoms with van der Waals surface area (Å²) in [6, 6.07) is 31.6. The number of carbonyl (C=O) groups excluding carboxylic acids is 2. The van der Waals surface area contributed by atoms with E-state index < -0.39 is 23.6 Å². The Morgan fingerprint density at radius 2 is 1.07 bits per heavy atom. The van der Waals surface area contributed by atoms with Gasteiger partial charge < -0.3 is 20.3 Å². The van der Waals surface area contributed by atoms with Crippen molar-refractivity contribution >= 4 is 18.0 Å². The van der Waals surface area contributed by atoms with Gasteiger partial charge in [0.25, 0.3) is 0 Å². The van der Waals surface area contributed by atoms with Crippen LogP contribution in [-0.2, 0) is 19.1 Å². The first-order valence-electron chi connectivity index (χ1n) is 14.9. The van der Waals surface area contributed by atoms with Crippen molar-refractivity contribution in [3.05, 3.63) is 119 Å². The SMILES string of the molecule is NCCCC[C@](NC(=O)OCC1c2ccccc2-c2ccccc21)(C(=O)O)C(=O)OCC1c2ccccc2-c2ccccc21. The molecule has 4 aromatic rings. The largest absolute Gasteiger partial charge is 0.479 e. The van der Waals surface area contributed by atoms with Gasteiger partial charge >= 0.3 is 18.0 Å². The molecule has 0 bridgehead atoms. The molecular formula is C36H34N2O6. The molecule has 0 unspecified atom stereocenters. The zero-order chi connectivity index (χ0) is 30.7. The second kappa shape index (κ2) is 12.3. The van der Waals surface area contributed by atoms with Crippen molar-refractivity contribution in [2.24, 2.45) is 5.73 Å². The maximum atomic E-state index is 13.7. The number of alkyl carbamates (subject to hydrolysis) is 1. The van der Waals surface area contributed by atoms with Crippen LogP contribution >= 0.6 is 0 Å². The molecule has 8 heteroatoms. The second-order valence-corrected chi connectivity index (χ2v) is 11.2. The lowest BCUT2D eigenvalue weighted by molar-refractivity contribution is -0.163. The quantitative estimate of drug-likeness (QED) is 0.114. The molecule has 4 aromatic carbocycles. The molecule has 6 rings (SSSR count). The van der Waals surface area contributed by atoms with E-state index in [4.69, 9.17) is 15.2 Å². The Balaban J connectivity index is 1.20. The van der Waals surface area contributed by atoms with Gasteiger partial charge in [0, 0.05) is 11.8 Å². The summed E-state index contributed by atoms with van der Waals surface area (Å²) in [7, 11) is 0. The third-order valence-electron chi connectivity index (χ3n) is 8.72. The van der Waals surface area contributed by atoms with Gasteiger partial charge in [-0.05, 0) is 70.3 Å². The van der Waals surface area contributed by atoms with Crippen molar-refractivity contribution in [1.82, 2.24) is 5.32 Å². The second-order valence-electron chi connectivity index (χ2n) is 11.2. The van der Waals surface area contributed by atoms with E-state index in [2.05, 4.69) is 5.32 Å². The van der Waals surface area contributed by atoms with Crippen LogP contribution in [0, 0.1) is 0 Å². The first-order valence-corrected chi connectivity index (χ1v) is 14.9. The predicted molar refractivity (Wildman–Crippen MR) is 166 cm³/mol. The molecule has 0 saturated heterocycles. The first-order chi connectivity index (χ1) is 21.4. The lowest BCUT2D eigenvalue weighted by Gasteiger charge is -2.29.